The minimum absolute atomic E-state index is 0.386. The highest BCUT2D eigenvalue weighted by Gasteiger charge is 2.02. The van der Waals surface area contributed by atoms with Crippen molar-refractivity contribution in [3.63, 3.8) is 0 Å². The van der Waals surface area contributed by atoms with E-state index in [1.54, 1.807) is 7.11 Å². The van der Waals surface area contributed by atoms with Crippen LogP contribution in [0.15, 0.2) is 24.3 Å². The lowest BCUT2D eigenvalue weighted by molar-refractivity contribution is 0.0594. The molecule has 1 aromatic rings. The number of hydrogen-bond acceptors (Lipinski definition) is 4. The fraction of sp³-hybridized carbons (Fsp3) is 0.571. The average Bonchev–Trinajstić information content (AvgIpc) is 2.37. The highest BCUT2D eigenvalue weighted by molar-refractivity contribution is 5.27. The van der Waals surface area contributed by atoms with Crippen LogP contribution >= 0.6 is 0 Å². The first kappa shape index (κ1) is 15.0. The van der Waals surface area contributed by atoms with Gasteiger partial charge in [0.1, 0.15) is 5.75 Å². The summed E-state index contributed by atoms with van der Waals surface area (Å²) in [6, 6.07) is 8.04. The molecule has 1 rings (SSSR count). The van der Waals surface area contributed by atoms with Crippen LogP contribution in [0.4, 0.5) is 0 Å². The van der Waals surface area contributed by atoms with Gasteiger partial charge in [0.15, 0.2) is 0 Å². The van der Waals surface area contributed by atoms with E-state index in [1.165, 1.54) is 5.56 Å². The van der Waals surface area contributed by atoms with E-state index in [0.717, 1.165) is 18.8 Å². The number of aliphatic hydroxyl groups excluding tert-OH is 1. The van der Waals surface area contributed by atoms with Gasteiger partial charge in [-0.2, -0.15) is 0 Å². The first-order valence-corrected chi connectivity index (χ1v) is 6.35. The molecule has 18 heavy (non-hydrogen) atoms. The van der Waals surface area contributed by atoms with Crippen LogP contribution in [-0.4, -0.2) is 38.1 Å². The van der Waals surface area contributed by atoms with Crippen molar-refractivity contribution < 1.29 is 14.6 Å². The monoisotopic (exact) mass is 253 g/mol. The lowest BCUT2D eigenvalue weighted by Crippen LogP contribution is -2.22. The van der Waals surface area contributed by atoms with E-state index in [0.29, 0.717) is 19.6 Å². The van der Waals surface area contributed by atoms with E-state index in [2.05, 4.69) is 5.32 Å². The molecule has 0 bridgehead atoms. The number of nitrogens with one attached hydrogen (secondary N) is 1. The third-order valence-corrected chi connectivity index (χ3v) is 2.58. The molecule has 0 aromatic heterocycles. The van der Waals surface area contributed by atoms with Crippen molar-refractivity contribution in [3.8, 4) is 5.75 Å². The Bertz CT molecular complexity index is 313. The predicted octanol–water partition coefficient (Wildman–Crippen LogP) is 1.57. The predicted molar refractivity (Wildman–Crippen MR) is 71.8 cm³/mol. The van der Waals surface area contributed by atoms with Crippen LogP contribution in [0.3, 0.4) is 0 Å². The molecule has 0 aliphatic rings. The third-order valence-electron chi connectivity index (χ3n) is 2.58. The Morgan fingerprint density at radius 2 is 2.00 bits per heavy atom. The summed E-state index contributed by atoms with van der Waals surface area (Å²) < 4.78 is 10.2. The summed E-state index contributed by atoms with van der Waals surface area (Å²) in [6.45, 7) is 4.63. The molecule has 1 aromatic carbocycles. The van der Waals surface area contributed by atoms with Gasteiger partial charge in [-0.25, -0.2) is 0 Å². The van der Waals surface area contributed by atoms with Crippen LogP contribution in [0.5, 0.6) is 5.75 Å². The summed E-state index contributed by atoms with van der Waals surface area (Å²) in [4.78, 5) is 0. The van der Waals surface area contributed by atoms with Crippen LogP contribution in [0, 0.1) is 0 Å². The first-order valence-electron chi connectivity index (χ1n) is 6.35. The van der Waals surface area contributed by atoms with Crippen molar-refractivity contribution in [3.05, 3.63) is 29.8 Å². The first-order chi connectivity index (χ1) is 8.76. The summed E-state index contributed by atoms with van der Waals surface area (Å²) in [5.74, 6) is 0.900. The number of hydrogen-bond donors (Lipinski definition) is 2. The maximum Gasteiger partial charge on any atom is 0.119 e. The highest BCUT2D eigenvalue weighted by atomic mass is 16.5. The molecule has 4 nitrogen and oxygen atoms in total. The molecule has 0 radical (unpaired) electrons. The van der Waals surface area contributed by atoms with Gasteiger partial charge in [-0.3, -0.25) is 0 Å². The molecule has 0 aliphatic carbocycles. The Labute approximate surface area is 109 Å². The van der Waals surface area contributed by atoms with Crippen molar-refractivity contribution in [2.24, 2.45) is 0 Å². The summed E-state index contributed by atoms with van der Waals surface area (Å²) in [7, 11) is 1.59. The smallest absolute Gasteiger partial charge is 0.119 e. The minimum atomic E-state index is -0.386. The van der Waals surface area contributed by atoms with Gasteiger partial charge in [0.25, 0.3) is 0 Å². The maximum atomic E-state index is 9.46. The Balaban J connectivity index is 2.19. The van der Waals surface area contributed by atoms with E-state index in [1.807, 2.05) is 31.2 Å². The molecule has 1 unspecified atom stereocenters. The molecule has 0 heterocycles. The lowest BCUT2D eigenvalue weighted by Gasteiger charge is -2.10. The SMILES string of the molecule is CCOc1ccc(CNCCC(O)COC)cc1. The van der Waals surface area contributed by atoms with Gasteiger partial charge >= 0.3 is 0 Å². The van der Waals surface area contributed by atoms with Crippen LogP contribution in [0.1, 0.15) is 18.9 Å². The zero-order chi connectivity index (χ0) is 13.2. The van der Waals surface area contributed by atoms with Gasteiger partial charge in [-0.1, -0.05) is 12.1 Å². The second-order valence-corrected chi connectivity index (χ2v) is 4.15. The van der Waals surface area contributed by atoms with Crippen molar-refractivity contribution >= 4 is 0 Å². The second kappa shape index (κ2) is 8.91. The van der Waals surface area contributed by atoms with Gasteiger partial charge in [-0.15, -0.1) is 0 Å². The zero-order valence-electron chi connectivity index (χ0n) is 11.2. The number of ether oxygens (including phenoxy) is 2. The van der Waals surface area contributed by atoms with Crippen LogP contribution in [-0.2, 0) is 11.3 Å². The highest BCUT2D eigenvalue weighted by Crippen LogP contribution is 2.11. The Kier molecular flexibility index (Phi) is 7.41. The number of aliphatic hydroxyl groups is 1. The van der Waals surface area contributed by atoms with Crippen LogP contribution in [0.25, 0.3) is 0 Å². The molecular formula is C14H23NO3. The molecule has 0 saturated heterocycles. The zero-order valence-corrected chi connectivity index (χ0v) is 11.2. The maximum absolute atomic E-state index is 9.46. The summed E-state index contributed by atoms with van der Waals surface area (Å²) >= 11 is 0. The van der Waals surface area contributed by atoms with Crippen molar-refractivity contribution in [1.29, 1.82) is 0 Å². The molecule has 102 valence electrons. The molecule has 0 amide bonds. The minimum Gasteiger partial charge on any atom is -0.494 e. The Morgan fingerprint density at radius 1 is 1.28 bits per heavy atom. The number of methoxy groups -OCH3 is 1. The van der Waals surface area contributed by atoms with Gasteiger partial charge in [0.2, 0.25) is 0 Å². The molecule has 0 spiro atoms. The van der Waals surface area contributed by atoms with E-state index in [9.17, 15) is 5.11 Å². The number of benzene rings is 1. The summed E-state index contributed by atoms with van der Waals surface area (Å²) in [5, 5.41) is 12.7. The lowest BCUT2D eigenvalue weighted by atomic mass is 10.2. The number of rotatable bonds is 9. The summed E-state index contributed by atoms with van der Waals surface area (Å²) in [6.07, 6.45) is 0.313. The van der Waals surface area contributed by atoms with E-state index in [4.69, 9.17) is 9.47 Å². The van der Waals surface area contributed by atoms with Crippen molar-refractivity contribution in [1.82, 2.24) is 5.32 Å². The van der Waals surface area contributed by atoms with Gasteiger partial charge in [0, 0.05) is 13.7 Å². The average molecular weight is 253 g/mol. The quantitative estimate of drug-likeness (QED) is 0.656. The van der Waals surface area contributed by atoms with Gasteiger partial charge < -0.3 is 19.9 Å². The summed E-state index contributed by atoms with van der Waals surface area (Å²) in [5.41, 5.74) is 1.21. The van der Waals surface area contributed by atoms with Crippen molar-refractivity contribution in [2.75, 3.05) is 26.9 Å². The van der Waals surface area contributed by atoms with Crippen LogP contribution in [0.2, 0.25) is 0 Å². The fourth-order valence-electron chi connectivity index (χ4n) is 1.65. The topological polar surface area (TPSA) is 50.7 Å². The largest absolute Gasteiger partial charge is 0.494 e. The Hall–Kier alpha value is -1.10. The molecule has 0 aliphatic heterocycles. The normalized spacial score (nSPS) is 12.4. The third kappa shape index (κ3) is 6.00. The standard InChI is InChI=1S/C14H23NO3/c1-3-18-14-6-4-12(5-7-14)10-15-9-8-13(16)11-17-2/h4-7,13,15-16H,3,8-11H2,1-2H3. The Morgan fingerprint density at radius 3 is 2.61 bits per heavy atom. The molecule has 1 atom stereocenters. The van der Waals surface area contributed by atoms with Gasteiger partial charge in [0.05, 0.1) is 19.3 Å². The van der Waals surface area contributed by atoms with E-state index in [-0.39, 0.29) is 6.10 Å². The molecule has 0 saturated carbocycles. The van der Waals surface area contributed by atoms with Gasteiger partial charge in [-0.05, 0) is 37.6 Å². The molecule has 4 heteroatoms. The van der Waals surface area contributed by atoms with Crippen LogP contribution < -0.4 is 10.1 Å². The molecule has 0 fully saturated rings. The second-order valence-electron chi connectivity index (χ2n) is 4.15. The van der Waals surface area contributed by atoms with Crippen molar-refractivity contribution in [2.45, 2.75) is 26.0 Å². The van der Waals surface area contributed by atoms with E-state index < -0.39 is 0 Å². The molecule has 2 N–H and O–H groups in total. The van der Waals surface area contributed by atoms with E-state index >= 15 is 0 Å². The fourth-order valence-corrected chi connectivity index (χ4v) is 1.65. The molecular weight excluding hydrogens is 230 g/mol.